The lowest BCUT2D eigenvalue weighted by atomic mass is 9.96. The smallest absolute Gasteiger partial charge is 0.132 e. The van der Waals surface area contributed by atoms with Gasteiger partial charge in [-0.15, -0.1) is 0 Å². The quantitative estimate of drug-likeness (QED) is 0.734. The first-order valence-electron chi connectivity index (χ1n) is 5.28. The van der Waals surface area contributed by atoms with Crippen molar-refractivity contribution in [3.63, 3.8) is 0 Å². The van der Waals surface area contributed by atoms with Crippen LogP contribution in [0.2, 0.25) is 0 Å². The maximum Gasteiger partial charge on any atom is 0.132 e. The van der Waals surface area contributed by atoms with Gasteiger partial charge in [-0.25, -0.2) is 0 Å². The van der Waals surface area contributed by atoms with Crippen LogP contribution in [0, 0.1) is 0 Å². The summed E-state index contributed by atoms with van der Waals surface area (Å²) in [5, 5.41) is 0. The molecule has 0 aliphatic heterocycles. The molecule has 1 aliphatic carbocycles. The van der Waals surface area contributed by atoms with Crippen LogP contribution in [0.5, 0.6) is 0 Å². The maximum atomic E-state index is 11.5. The van der Waals surface area contributed by atoms with Gasteiger partial charge in [-0.3, -0.25) is 4.98 Å². The highest BCUT2D eigenvalue weighted by molar-refractivity contribution is 7.90. The molecule has 0 amide bonds. The predicted molar refractivity (Wildman–Crippen MR) is 64.0 cm³/mol. The summed E-state index contributed by atoms with van der Waals surface area (Å²) < 4.78 is 11.5. The van der Waals surface area contributed by atoms with E-state index in [4.69, 9.17) is 0 Å². The molecule has 0 saturated carbocycles. The van der Waals surface area contributed by atoms with Crippen molar-refractivity contribution >= 4 is 17.3 Å². The Bertz CT molecular complexity index is 376. The zero-order valence-electron chi connectivity index (χ0n) is 8.90. The number of hydrogen-bond donors (Lipinski definition) is 0. The molecular weight excluding hydrogens is 206 g/mol. The molecule has 2 rings (SSSR count). The van der Waals surface area contributed by atoms with E-state index in [9.17, 15) is 4.55 Å². The van der Waals surface area contributed by atoms with Gasteiger partial charge >= 0.3 is 0 Å². The standard InChI is InChI=1S/C12H15NOS/c1-2-15(14)9-11-8-13-7-10-5-3-4-6-12(10)11/h3,5,7-8H,2,4,6,9H2,1H3/t15-/m0/s1. The fourth-order valence-corrected chi connectivity index (χ4v) is 2.63. The van der Waals surface area contributed by atoms with Crippen molar-refractivity contribution in [2.45, 2.75) is 25.5 Å². The van der Waals surface area contributed by atoms with Crippen LogP contribution in [0.4, 0.5) is 0 Å². The zero-order valence-corrected chi connectivity index (χ0v) is 9.72. The summed E-state index contributed by atoms with van der Waals surface area (Å²) in [6.45, 7) is 1.96. The first kappa shape index (κ1) is 10.7. The van der Waals surface area contributed by atoms with Gasteiger partial charge < -0.3 is 4.55 Å². The molecule has 0 aromatic carbocycles. The molecule has 0 bridgehead atoms. The third-order valence-corrected chi connectivity index (χ3v) is 3.95. The molecule has 1 aromatic heterocycles. The molecule has 0 saturated heterocycles. The van der Waals surface area contributed by atoms with E-state index in [0.717, 1.165) is 24.2 Å². The Kier molecular flexibility index (Phi) is 3.44. The van der Waals surface area contributed by atoms with Gasteiger partial charge in [-0.1, -0.05) is 12.2 Å². The second-order valence-electron chi connectivity index (χ2n) is 3.68. The normalized spacial score (nSPS) is 16.1. The van der Waals surface area contributed by atoms with Crippen molar-refractivity contribution in [2.75, 3.05) is 5.75 Å². The van der Waals surface area contributed by atoms with Crippen LogP contribution in [0.1, 0.15) is 30.0 Å². The Balaban J connectivity index is 2.28. The van der Waals surface area contributed by atoms with Gasteiger partial charge in [-0.2, -0.15) is 0 Å². The average Bonchev–Trinajstić information content (AvgIpc) is 2.29. The topological polar surface area (TPSA) is 36.0 Å². The first-order valence-corrected chi connectivity index (χ1v) is 6.77. The average molecular weight is 221 g/mol. The second kappa shape index (κ2) is 4.81. The second-order valence-corrected chi connectivity index (χ2v) is 5.43. The van der Waals surface area contributed by atoms with E-state index in [2.05, 4.69) is 17.1 Å². The summed E-state index contributed by atoms with van der Waals surface area (Å²) in [4.78, 5) is 4.20. The minimum Gasteiger partial charge on any atom is -0.616 e. The molecule has 1 aliphatic rings. The molecule has 2 nitrogen and oxygen atoms in total. The third kappa shape index (κ3) is 2.41. The fraction of sp³-hybridized carbons (Fsp3) is 0.417. The monoisotopic (exact) mass is 221 g/mol. The van der Waals surface area contributed by atoms with Crippen molar-refractivity contribution in [3.05, 3.63) is 35.2 Å². The van der Waals surface area contributed by atoms with Crippen molar-refractivity contribution in [3.8, 4) is 0 Å². The van der Waals surface area contributed by atoms with Gasteiger partial charge in [-0.05, 0) is 42.1 Å². The third-order valence-electron chi connectivity index (χ3n) is 2.68. The molecule has 0 N–H and O–H groups in total. The number of nitrogens with zero attached hydrogens (tertiary/aromatic N) is 1. The molecule has 1 atom stereocenters. The van der Waals surface area contributed by atoms with Gasteiger partial charge in [0.1, 0.15) is 11.5 Å². The van der Waals surface area contributed by atoms with Crippen LogP contribution in [0.25, 0.3) is 6.08 Å². The maximum absolute atomic E-state index is 11.5. The van der Waals surface area contributed by atoms with Gasteiger partial charge in [0, 0.05) is 18.0 Å². The lowest BCUT2D eigenvalue weighted by Gasteiger charge is -2.15. The molecule has 15 heavy (non-hydrogen) atoms. The van der Waals surface area contributed by atoms with Crippen molar-refractivity contribution in [1.82, 2.24) is 4.98 Å². The highest BCUT2D eigenvalue weighted by atomic mass is 32.2. The van der Waals surface area contributed by atoms with E-state index in [1.807, 2.05) is 19.3 Å². The fourth-order valence-electron chi connectivity index (χ4n) is 1.84. The van der Waals surface area contributed by atoms with E-state index in [-0.39, 0.29) is 0 Å². The Morgan fingerprint density at radius 3 is 3.13 bits per heavy atom. The van der Waals surface area contributed by atoms with Crippen LogP contribution in [0.15, 0.2) is 18.5 Å². The summed E-state index contributed by atoms with van der Waals surface area (Å²) in [7, 11) is 0. The number of hydrogen-bond acceptors (Lipinski definition) is 2. The summed E-state index contributed by atoms with van der Waals surface area (Å²) in [5.41, 5.74) is 3.71. The summed E-state index contributed by atoms with van der Waals surface area (Å²) >= 11 is -0.740. The predicted octanol–water partition coefficient (Wildman–Crippen LogP) is 2.31. The van der Waals surface area contributed by atoms with Gasteiger partial charge in [0.15, 0.2) is 0 Å². The number of rotatable bonds is 3. The molecular formula is C12H15NOS. The summed E-state index contributed by atoms with van der Waals surface area (Å²) in [6.07, 6.45) is 10.2. The lowest BCUT2D eigenvalue weighted by molar-refractivity contribution is 0.595. The largest absolute Gasteiger partial charge is 0.616 e. The minimum absolute atomic E-state index is 0.653. The molecule has 1 heterocycles. The highest BCUT2D eigenvalue weighted by Crippen LogP contribution is 2.23. The van der Waals surface area contributed by atoms with E-state index in [0.29, 0.717) is 5.75 Å². The minimum atomic E-state index is -0.740. The van der Waals surface area contributed by atoms with Crippen molar-refractivity contribution in [2.24, 2.45) is 0 Å². The van der Waals surface area contributed by atoms with Gasteiger partial charge in [0.05, 0.1) is 0 Å². The van der Waals surface area contributed by atoms with Crippen LogP contribution < -0.4 is 0 Å². The van der Waals surface area contributed by atoms with Crippen LogP contribution in [-0.2, 0) is 23.3 Å². The zero-order chi connectivity index (χ0) is 10.7. The molecule has 0 fully saturated rings. The summed E-state index contributed by atoms with van der Waals surface area (Å²) in [6, 6.07) is 0. The van der Waals surface area contributed by atoms with Crippen LogP contribution in [0.3, 0.4) is 0 Å². The number of aromatic nitrogens is 1. The molecule has 0 spiro atoms. The van der Waals surface area contributed by atoms with E-state index in [1.165, 1.54) is 11.1 Å². The first-order chi connectivity index (χ1) is 7.31. The SMILES string of the molecule is CC[S@+]([O-])Cc1cncc2c1CCC=C2. The van der Waals surface area contributed by atoms with E-state index >= 15 is 0 Å². The molecule has 80 valence electrons. The number of pyridine rings is 1. The van der Waals surface area contributed by atoms with Crippen molar-refractivity contribution in [1.29, 1.82) is 0 Å². The number of fused-ring (bicyclic) bond motifs is 1. The van der Waals surface area contributed by atoms with Crippen LogP contribution in [-0.4, -0.2) is 15.3 Å². The molecule has 1 aromatic rings. The molecule has 0 radical (unpaired) electrons. The Hall–Kier alpha value is -0.800. The van der Waals surface area contributed by atoms with Crippen LogP contribution >= 0.6 is 0 Å². The summed E-state index contributed by atoms with van der Waals surface area (Å²) in [5.74, 6) is 1.38. The number of allylic oxidation sites excluding steroid dienone is 1. The molecule has 0 unspecified atom stereocenters. The Morgan fingerprint density at radius 1 is 1.47 bits per heavy atom. The Morgan fingerprint density at radius 2 is 2.33 bits per heavy atom. The van der Waals surface area contributed by atoms with E-state index in [1.54, 1.807) is 0 Å². The highest BCUT2D eigenvalue weighted by Gasteiger charge is 2.14. The van der Waals surface area contributed by atoms with Gasteiger partial charge in [0.25, 0.3) is 0 Å². The van der Waals surface area contributed by atoms with E-state index < -0.39 is 11.2 Å². The molecule has 3 heteroatoms. The Labute approximate surface area is 93.6 Å². The van der Waals surface area contributed by atoms with Crippen molar-refractivity contribution < 1.29 is 4.55 Å². The van der Waals surface area contributed by atoms with Gasteiger partial charge in [0.2, 0.25) is 0 Å². The lowest BCUT2D eigenvalue weighted by Crippen LogP contribution is -2.10.